The van der Waals surface area contributed by atoms with Crippen molar-refractivity contribution in [3.63, 3.8) is 0 Å². The molecule has 0 atom stereocenters. The summed E-state index contributed by atoms with van der Waals surface area (Å²) in [5, 5.41) is 44.2. The molecular weight excluding hydrogens is 910 g/mol. The Hall–Kier alpha value is -0.372. The minimum Gasteiger partial charge on any atom is -0.356 e. The van der Waals surface area contributed by atoms with Crippen molar-refractivity contribution in [1.29, 1.82) is 0 Å². The molecule has 0 saturated carbocycles. The number of rotatable bonds is 18. The van der Waals surface area contributed by atoms with Crippen LogP contribution in [0.2, 0.25) is 0 Å². The smallest absolute Gasteiger partial charge is 0.356 e. The third-order valence-electron chi connectivity index (χ3n) is 6.28. The van der Waals surface area contributed by atoms with Gasteiger partial charge in [0.2, 0.25) is 0 Å². The Morgan fingerprint density at radius 2 is 0.345 bits per heavy atom. The van der Waals surface area contributed by atoms with Gasteiger partial charge in [0, 0.05) is 55.5 Å². The maximum absolute atomic E-state index is 12.6. The molecule has 0 aliphatic rings. The Bertz CT molecular complexity index is 860. The zero-order valence-corrected chi connectivity index (χ0v) is 42.9. The molecule has 55 heavy (non-hydrogen) atoms. The Morgan fingerprint density at radius 3 is 0.382 bits per heavy atom. The Balaban J connectivity index is -0.000000108. The monoisotopic (exact) mass is 992 g/mol. The van der Waals surface area contributed by atoms with Crippen molar-refractivity contribution in [2.75, 3.05) is 55.5 Å². The van der Waals surface area contributed by atoms with E-state index in [2.05, 4.69) is 125 Å². The van der Waals surface area contributed by atoms with Gasteiger partial charge in [-0.05, 0) is 53.3 Å². The molecule has 0 N–H and O–H groups in total. The molecule has 0 aromatic rings. The van der Waals surface area contributed by atoms with Crippen molar-refractivity contribution in [1.82, 2.24) is 0 Å². The summed E-state index contributed by atoms with van der Waals surface area (Å²) >= 11 is 0. The van der Waals surface area contributed by atoms with E-state index in [4.69, 9.17) is 46.0 Å². The van der Waals surface area contributed by atoms with Crippen LogP contribution in [0, 0.1) is 140 Å². The van der Waals surface area contributed by atoms with Crippen LogP contribution in [-0.2, 0) is 13.7 Å². The van der Waals surface area contributed by atoms with E-state index in [1.807, 2.05) is 0 Å². The summed E-state index contributed by atoms with van der Waals surface area (Å²) in [5.74, 6) is 5.11. The predicted octanol–water partition coefficient (Wildman–Crippen LogP) is 12.2. The van der Waals surface area contributed by atoms with Gasteiger partial charge in [-0.1, -0.05) is 125 Å². The van der Waals surface area contributed by atoms with Crippen LogP contribution < -0.4 is 0 Å². The van der Waals surface area contributed by atoms with E-state index in [0.717, 1.165) is 55.5 Å². The van der Waals surface area contributed by atoms with Crippen LogP contribution in [0.15, 0.2) is 0 Å². The van der Waals surface area contributed by atoms with E-state index in [1.54, 1.807) is 0 Å². The summed E-state index contributed by atoms with van der Waals surface area (Å²) in [5.41, 5.74) is 0. The third kappa shape index (κ3) is 71.8. The third-order valence-corrected chi connectivity index (χ3v) is 18.8. The minimum atomic E-state index is -1.89. The largest absolute Gasteiger partial charge is 3.00 e. The minimum absolute atomic E-state index is 0. The Labute approximate surface area is 367 Å². The van der Waals surface area contributed by atoms with Gasteiger partial charge in [0.05, 0.1) is 36.7 Å². The topological polar surface area (TPSA) is 250 Å². The first-order chi connectivity index (χ1) is 23.9. The average molecular weight is 991 g/mol. The predicted molar refractivity (Wildman–Crippen MR) is 231 cm³/mol. The first-order valence-electron chi connectivity index (χ1n) is 19.1. The van der Waals surface area contributed by atoms with Gasteiger partial charge < -0.3 is 59.7 Å². The maximum Gasteiger partial charge on any atom is 3.00 e. The molecule has 15 nitrogen and oxygen atoms in total. The summed E-state index contributed by atoms with van der Waals surface area (Å²) < 4.78 is 37.9. The van der Waals surface area contributed by atoms with E-state index in [1.165, 1.54) is 0 Å². The molecule has 0 heterocycles. The van der Waals surface area contributed by atoms with Gasteiger partial charge >= 0.3 is 40.4 Å². The second-order valence-electron chi connectivity index (χ2n) is 18.0. The van der Waals surface area contributed by atoms with E-state index in [9.17, 15) is 13.7 Å². The van der Waals surface area contributed by atoms with Gasteiger partial charge in [-0.3, -0.25) is 0 Å². The van der Waals surface area contributed by atoms with E-state index >= 15 is 0 Å². The number of hydrogen-bond donors (Lipinski definition) is 0. The fourth-order valence-corrected chi connectivity index (χ4v) is 20.0. The Morgan fingerprint density at radius 1 is 0.291 bits per heavy atom. The number of nitrogens with zero attached hydrogens (tertiary/aromatic N) is 3. The molecule has 0 bridgehead atoms. The van der Waals surface area contributed by atoms with Gasteiger partial charge in [0.15, 0.2) is 0 Å². The summed E-state index contributed by atoms with van der Waals surface area (Å²) in [7, 11) is -5.66. The molecule has 19 heteroatoms. The van der Waals surface area contributed by atoms with E-state index < -0.39 is 36.7 Å². The van der Waals surface area contributed by atoms with Crippen LogP contribution in [0.5, 0.6) is 0 Å². The fraction of sp³-hybridized carbons (Fsp3) is 1.00. The summed E-state index contributed by atoms with van der Waals surface area (Å²) in [6, 6.07) is 0. The van der Waals surface area contributed by atoms with Gasteiger partial charge in [-0.15, -0.1) is 0 Å². The van der Waals surface area contributed by atoms with Gasteiger partial charge in [0.1, 0.15) is 0 Å². The van der Waals surface area contributed by atoms with Crippen molar-refractivity contribution in [3.05, 3.63) is 46.0 Å². The SMILES string of the molecule is CC(C)CP(=O)(CC(C)C)CC(C)C.CC(C)CP(=O)(CC(C)C)CC(C)C.CC(C)CP(=O)(CC(C)C)CC(C)C.O=[N+]([O-])[O-].O=[N+]([O-])[O-].O=[N+]([O-])[O-].[Sm+3]. The van der Waals surface area contributed by atoms with Gasteiger partial charge in [-0.25, -0.2) is 0 Å². The molecule has 1 radical (unpaired) electrons. The van der Waals surface area contributed by atoms with Gasteiger partial charge in [-0.2, -0.15) is 0 Å². The van der Waals surface area contributed by atoms with E-state index in [0.29, 0.717) is 53.3 Å². The number of hydrogen-bond acceptors (Lipinski definition) is 12. The summed E-state index contributed by atoms with van der Waals surface area (Å²) in [6.07, 6.45) is 8.41. The molecule has 0 rings (SSSR count). The normalized spacial score (nSPS) is 11.4. The molecule has 0 spiro atoms. The van der Waals surface area contributed by atoms with E-state index in [-0.39, 0.29) is 40.4 Å². The Kier molecular flexibility index (Phi) is 47.7. The summed E-state index contributed by atoms with van der Waals surface area (Å²) in [6.45, 7) is 39.1. The van der Waals surface area contributed by atoms with Crippen LogP contribution in [0.1, 0.15) is 125 Å². The van der Waals surface area contributed by atoms with Crippen LogP contribution in [0.4, 0.5) is 0 Å². The van der Waals surface area contributed by atoms with Crippen molar-refractivity contribution in [2.24, 2.45) is 53.3 Å². The first kappa shape index (κ1) is 69.3. The van der Waals surface area contributed by atoms with Crippen molar-refractivity contribution < 1.29 is 69.3 Å². The fourth-order valence-electron chi connectivity index (χ4n) is 6.66. The van der Waals surface area contributed by atoms with Crippen molar-refractivity contribution in [2.45, 2.75) is 125 Å². The molecule has 0 aromatic carbocycles. The molecule has 333 valence electrons. The average Bonchev–Trinajstić information content (AvgIpc) is 2.77. The molecular formula is C36H81N3O12P3Sm. The maximum atomic E-state index is 12.6. The summed E-state index contributed by atoms with van der Waals surface area (Å²) in [4.78, 5) is 24.8. The molecule has 0 amide bonds. The quantitative estimate of drug-likeness (QED) is 0.0706. The molecule has 0 aliphatic heterocycles. The van der Waals surface area contributed by atoms with Crippen LogP contribution >= 0.6 is 21.4 Å². The van der Waals surface area contributed by atoms with Crippen molar-refractivity contribution >= 4 is 21.4 Å². The standard InChI is InChI=1S/3C12H27OP.3NO3.Sm/c3*1-10(2)7-14(13,8-11(3)4)9-12(5)6;3*2-1(3)4;/h3*10-12H,7-9H2,1-6H3;;;;/q;;;3*-1;+3. The van der Waals surface area contributed by atoms with Crippen LogP contribution in [0.3, 0.4) is 0 Å². The molecule has 0 fully saturated rings. The second-order valence-corrected chi connectivity index (χ2v) is 27.7. The molecule has 0 unspecified atom stereocenters. The van der Waals surface area contributed by atoms with Crippen LogP contribution in [0.25, 0.3) is 0 Å². The van der Waals surface area contributed by atoms with Gasteiger partial charge in [0.25, 0.3) is 0 Å². The molecule has 0 aromatic heterocycles. The zero-order chi connectivity index (χ0) is 44.8. The van der Waals surface area contributed by atoms with Crippen LogP contribution in [-0.4, -0.2) is 70.7 Å². The van der Waals surface area contributed by atoms with Crippen molar-refractivity contribution in [3.8, 4) is 0 Å². The first-order valence-corrected chi connectivity index (χ1v) is 25.9. The molecule has 0 saturated heterocycles. The zero-order valence-electron chi connectivity index (χ0n) is 37.6. The molecule has 0 aliphatic carbocycles. The second kappa shape index (κ2) is 37.9.